The number of aryl methyl sites for hydroxylation is 1. The number of hydrogen-bond acceptors (Lipinski definition) is 2. The van der Waals surface area contributed by atoms with Crippen LogP contribution in [-0.2, 0) is 6.42 Å². The van der Waals surface area contributed by atoms with E-state index in [2.05, 4.69) is 45.7 Å². The molecule has 0 bridgehead atoms. The Morgan fingerprint density at radius 2 is 2.10 bits per heavy atom. The fourth-order valence-electron chi connectivity index (χ4n) is 2.87. The summed E-state index contributed by atoms with van der Waals surface area (Å²) in [6.45, 7) is 2.18. The van der Waals surface area contributed by atoms with Gasteiger partial charge in [0, 0.05) is 9.86 Å². The lowest BCUT2D eigenvalue weighted by molar-refractivity contribution is 0.487. The van der Waals surface area contributed by atoms with Gasteiger partial charge in [-0.1, -0.05) is 27.5 Å². The third-order valence-electron chi connectivity index (χ3n) is 4.12. The largest absolute Gasteiger partial charge is 0.236 e. The highest BCUT2D eigenvalue weighted by Crippen LogP contribution is 2.33. The van der Waals surface area contributed by atoms with Crippen LogP contribution in [0.2, 0.25) is 5.15 Å². The van der Waals surface area contributed by atoms with E-state index in [9.17, 15) is 0 Å². The van der Waals surface area contributed by atoms with E-state index in [1.165, 1.54) is 40.9 Å². The van der Waals surface area contributed by atoms with E-state index in [-0.39, 0.29) is 0 Å². The summed E-state index contributed by atoms with van der Waals surface area (Å²) >= 11 is 12.1. The molecule has 1 saturated heterocycles. The molecule has 4 heteroatoms. The van der Waals surface area contributed by atoms with Gasteiger partial charge in [0.25, 0.3) is 0 Å². The monoisotopic (exact) mass is 369 g/mol. The van der Waals surface area contributed by atoms with E-state index in [0.717, 1.165) is 22.3 Å². The quantitative estimate of drug-likeness (QED) is 0.634. The van der Waals surface area contributed by atoms with Crippen molar-refractivity contribution >= 4 is 50.2 Å². The highest BCUT2D eigenvalue weighted by Gasteiger charge is 2.18. The molecule has 1 aliphatic heterocycles. The fourth-order valence-corrected chi connectivity index (χ4v) is 4.75. The van der Waals surface area contributed by atoms with Gasteiger partial charge in [-0.3, -0.25) is 0 Å². The summed E-state index contributed by atoms with van der Waals surface area (Å²) in [6, 6.07) is 6.19. The zero-order valence-corrected chi connectivity index (χ0v) is 14.6. The average molecular weight is 371 g/mol. The zero-order valence-electron chi connectivity index (χ0n) is 11.5. The van der Waals surface area contributed by atoms with Crippen LogP contribution in [0.4, 0.5) is 0 Å². The normalized spacial score (nSPS) is 16.8. The standard InChI is InChI=1S/C16H17BrClNS/c1-10-13-9-12(17)2-3-15(13)19-16(18)14(10)8-11-4-6-20-7-5-11/h2-3,9,11H,4-8H2,1H3. The predicted octanol–water partition coefficient (Wildman–Crippen LogP) is 5.64. The second kappa shape index (κ2) is 6.25. The molecule has 1 aromatic carbocycles. The highest BCUT2D eigenvalue weighted by atomic mass is 79.9. The van der Waals surface area contributed by atoms with Gasteiger partial charge in [-0.15, -0.1) is 0 Å². The first-order valence-corrected chi connectivity index (χ1v) is 9.29. The minimum atomic E-state index is 0.690. The van der Waals surface area contributed by atoms with Crippen molar-refractivity contribution in [3.8, 4) is 0 Å². The van der Waals surface area contributed by atoms with Crippen LogP contribution in [0.15, 0.2) is 22.7 Å². The van der Waals surface area contributed by atoms with Crippen LogP contribution in [-0.4, -0.2) is 16.5 Å². The third kappa shape index (κ3) is 3.00. The van der Waals surface area contributed by atoms with Gasteiger partial charge in [-0.25, -0.2) is 4.98 Å². The minimum Gasteiger partial charge on any atom is -0.236 e. The van der Waals surface area contributed by atoms with E-state index in [1.807, 2.05) is 12.1 Å². The van der Waals surface area contributed by atoms with Crippen LogP contribution in [0.3, 0.4) is 0 Å². The molecule has 0 aliphatic carbocycles. The van der Waals surface area contributed by atoms with Crippen molar-refractivity contribution in [3.05, 3.63) is 39.0 Å². The number of pyridine rings is 1. The number of halogens is 2. The lowest BCUT2D eigenvalue weighted by atomic mass is 9.91. The van der Waals surface area contributed by atoms with Crippen molar-refractivity contribution in [2.24, 2.45) is 5.92 Å². The Kier molecular flexibility index (Phi) is 4.58. The maximum absolute atomic E-state index is 6.44. The Hall–Kier alpha value is -0.250. The number of fused-ring (bicyclic) bond motifs is 1. The minimum absolute atomic E-state index is 0.690. The smallest absolute Gasteiger partial charge is 0.133 e. The van der Waals surface area contributed by atoms with Gasteiger partial charge in [-0.05, 0) is 72.9 Å². The molecular formula is C16H17BrClNS. The molecule has 0 saturated carbocycles. The Morgan fingerprint density at radius 3 is 2.85 bits per heavy atom. The number of benzene rings is 1. The molecule has 1 aromatic heterocycles. The molecule has 1 nitrogen and oxygen atoms in total. The SMILES string of the molecule is Cc1c(CC2CCSCC2)c(Cl)nc2ccc(Br)cc12. The van der Waals surface area contributed by atoms with Crippen molar-refractivity contribution in [1.29, 1.82) is 0 Å². The maximum Gasteiger partial charge on any atom is 0.133 e. The molecule has 20 heavy (non-hydrogen) atoms. The first-order valence-electron chi connectivity index (χ1n) is 6.97. The van der Waals surface area contributed by atoms with Crippen molar-refractivity contribution in [1.82, 2.24) is 4.98 Å². The van der Waals surface area contributed by atoms with Crippen molar-refractivity contribution in [2.75, 3.05) is 11.5 Å². The molecule has 2 heterocycles. The number of hydrogen-bond donors (Lipinski definition) is 0. The van der Waals surface area contributed by atoms with E-state index in [1.54, 1.807) is 0 Å². The van der Waals surface area contributed by atoms with Crippen LogP contribution in [0.25, 0.3) is 10.9 Å². The van der Waals surface area contributed by atoms with Gasteiger partial charge >= 0.3 is 0 Å². The van der Waals surface area contributed by atoms with E-state index in [4.69, 9.17) is 11.6 Å². The zero-order chi connectivity index (χ0) is 14.1. The van der Waals surface area contributed by atoms with Gasteiger partial charge in [0.1, 0.15) is 5.15 Å². The number of rotatable bonds is 2. The van der Waals surface area contributed by atoms with Crippen molar-refractivity contribution in [2.45, 2.75) is 26.2 Å². The molecule has 1 fully saturated rings. The van der Waals surface area contributed by atoms with E-state index in [0.29, 0.717) is 5.15 Å². The molecule has 0 amide bonds. The van der Waals surface area contributed by atoms with Crippen LogP contribution >= 0.6 is 39.3 Å². The second-order valence-electron chi connectivity index (χ2n) is 5.43. The molecule has 0 N–H and O–H groups in total. The second-order valence-corrected chi connectivity index (χ2v) is 7.93. The molecule has 0 atom stereocenters. The Labute approximate surface area is 137 Å². The summed E-state index contributed by atoms with van der Waals surface area (Å²) in [5, 5.41) is 1.90. The predicted molar refractivity (Wildman–Crippen MR) is 92.9 cm³/mol. The molecular weight excluding hydrogens is 354 g/mol. The Bertz CT molecular complexity index is 638. The molecule has 106 valence electrons. The maximum atomic E-state index is 6.44. The van der Waals surface area contributed by atoms with Crippen LogP contribution < -0.4 is 0 Å². The third-order valence-corrected chi connectivity index (χ3v) is 5.97. The highest BCUT2D eigenvalue weighted by molar-refractivity contribution is 9.10. The molecule has 3 rings (SSSR count). The van der Waals surface area contributed by atoms with Gasteiger partial charge in [0.2, 0.25) is 0 Å². The van der Waals surface area contributed by atoms with E-state index < -0.39 is 0 Å². The van der Waals surface area contributed by atoms with Crippen molar-refractivity contribution < 1.29 is 0 Å². The first kappa shape index (κ1) is 14.7. The van der Waals surface area contributed by atoms with Gasteiger partial charge in [-0.2, -0.15) is 11.8 Å². The van der Waals surface area contributed by atoms with Gasteiger partial charge in [0.05, 0.1) is 5.52 Å². The molecule has 0 radical (unpaired) electrons. The molecule has 2 aromatic rings. The summed E-state index contributed by atoms with van der Waals surface area (Å²) in [4.78, 5) is 4.58. The fraction of sp³-hybridized carbons (Fsp3) is 0.438. The summed E-state index contributed by atoms with van der Waals surface area (Å²) < 4.78 is 1.09. The molecule has 1 aliphatic rings. The molecule has 0 spiro atoms. The first-order chi connectivity index (χ1) is 9.65. The average Bonchev–Trinajstić information content (AvgIpc) is 2.46. The van der Waals surface area contributed by atoms with Crippen LogP contribution in [0, 0.1) is 12.8 Å². The summed E-state index contributed by atoms with van der Waals surface area (Å²) in [6.07, 6.45) is 3.68. The van der Waals surface area contributed by atoms with Crippen LogP contribution in [0.5, 0.6) is 0 Å². The van der Waals surface area contributed by atoms with E-state index >= 15 is 0 Å². The summed E-state index contributed by atoms with van der Waals surface area (Å²) in [5.74, 6) is 3.33. The van der Waals surface area contributed by atoms with Crippen molar-refractivity contribution in [3.63, 3.8) is 0 Å². The summed E-state index contributed by atoms with van der Waals surface area (Å²) in [5.41, 5.74) is 3.52. The molecule has 0 unspecified atom stereocenters. The van der Waals surface area contributed by atoms with Gasteiger partial charge < -0.3 is 0 Å². The number of nitrogens with zero attached hydrogens (tertiary/aromatic N) is 1. The van der Waals surface area contributed by atoms with Gasteiger partial charge in [0.15, 0.2) is 0 Å². The lowest BCUT2D eigenvalue weighted by Crippen LogP contribution is -2.13. The number of thioether (sulfide) groups is 1. The Balaban J connectivity index is 2.00. The van der Waals surface area contributed by atoms with Crippen LogP contribution in [0.1, 0.15) is 24.0 Å². The number of aromatic nitrogens is 1. The summed E-state index contributed by atoms with van der Waals surface area (Å²) in [7, 11) is 0. The topological polar surface area (TPSA) is 12.9 Å². The lowest BCUT2D eigenvalue weighted by Gasteiger charge is -2.23. The Morgan fingerprint density at radius 1 is 1.35 bits per heavy atom.